The molecule has 1 aliphatic rings. The standard InChI is InChI=1S/C15H17N3O4S/c1-20-10-6-5-9(8-12(10)21-2)13(19)16-15-18-17-14(23-15)11-4-3-7-22-11/h5-6,8,11H,3-4,7H2,1-2H3,(H,16,18,19). The van der Waals surface area contributed by atoms with Crippen LogP contribution < -0.4 is 14.8 Å². The van der Waals surface area contributed by atoms with Crippen molar-refractivity contribution < 1.29 is 19.0 Å². The molecule has 0 radical (unpaired) electrons. The van der Waals surface area contributed by atoms with Crippen molar-refractivity contribution in [2.24, 2.45) is 0 Å². The summed E-state index contributed by atoms with van der Waals surface area (Å²) in [5, 5.41) is 12.1. The number of amides is 1. The van der Waals surface area contributed by atoms with E-state index in [1.54, 1.807) is 25.3 Å². The minimum atomic E-state index is -0.277. The topological polar surface area (TPSA) is 82.6 Å². The monoisotopic (exact) mass is 335 g/mol. The first-order chi connectivity index (χ1) is 11.2. The summed E-state index contributed by atoms with van der Waals surface area (Å²) in [5.41, 5.74) is 0.455. The molecule has 8 heteroatoms. The fourth-order valence-corrected chi connectivity index (χ4v) is 3.16. The van der Waals surface area contributed by atoms with Gasteiger partial charge in [-0.3, -0.25) is 10.1 Å². The van der Waals surface area contributed by atoms with E-state index in [0.717, 1.165) is 24.5 Å². The van der Waals surface area contributed by atoms with Gasteiger partial charge in [-0.25, -0.2) is 0 Å². The average Bonchev–Trinajstić information content (AvgIpc) is 3.25. The molecule has 0 saturated carbocycles. The van der Waals surface area contributed by atoms with Crippen LogP contribution in [0.1, 0.15) is 34.3 Å². The lowest BCUT2D eigenvalue weighted by molar-refractivity contribution is 0.102. The highest BCUT2D eigenvalue weighted by atomic mass is 32.1. The fourth-order valence-electron chi connectivity index (χ4n) is 2.33. The maximum atomic E-state index is 12.3. The molecule has 1 fully saturated rings. The Hall–Kier alpha value is -2.19. The number of hydrogen-bond acceptors (Lipinski definition) is 7. The zero-order valence-electron chi connectivity index (χ0n) is 12.9. The zero-order valence-corrected chi connectivity index (χ0v) is 13.7. The summed E-state index contributed by atoms with van der Waals surface area (Å²) in [5.74, 6) is 0.791. The highest BCUT2D eigenvalue weighted by Crippen LogP contribution is 2.32. The molecule has 2 heterocycles. The molecule has 1 atom stereocenters. The fraction of sp³-hybridized carbons (Fsp3) is 0.400. The minimum absolute atomic E-state index is 0.000711. The molecule has 1 aliphatic heterocycles. The van der Waals surface area contributed by atoms with E-state index in [0.29, 0.717) is 22.2 Å². The Bertz CT molecular complexity index is 698. The maximum Gasteiger partial charge on any atom is 0.257 e. The molecule has 0 aliphatic carbocycles. The maximum absolute atomic E-state index is 12.3. The van der Waals surface area contributed by atoms with Crippen molar-refractivity contribution in [3.8, 4) is 11.5 Å². The van der Waals surface area contributed by atoms with Crippen molar-refractivity contribution >= 4 is 22.4 Å². The number of carbonyl (C=O) groups is 1. The third kappa shape index (κ3) is 3.43. The van der Waals surface area contributed by atoms with Crippen LogP contribution in [0.4, 0.5) is 5.13 Å². The molecule has 23 heavy (non-hydrogen) atoms. The third-order valence-electron chi connectivity index (χ3n) is 3.51. The van der Waals surface area contributed by atoms with Crippen molar-refractivity contribution in [2.45, 2.75) is 18.9 Å². The van der Waals surface area contributed by atoms with Gasteiger partial charge in [0, 0.05) is 12.2 Å². The minimum Gasteiger partial charge on any atom is -0.493 e. The number of aromatic nitrogens is 2. The number of nitrogens with one attached hydrogen (secondary N) is 1. The summed E-state index contributed by atoms with van der Waals surface area (Å²) in [6.45, 7) is 0.748. The van der Waals surface area contributed by atoms with Crippen molar-refractivity contribution in [1.29, 1.82) is 0 Å². The second kappa shape index (κ2) is 6.93. The van der Waals surface area contributed by atoms with Crippen LogP contribution in [0.2, 0.25) is 0 Å². The largest absolute Gasteiger partial charge is 0.493 e. The molecule has 1 N–H and O–H groups in total. The van der Waals surface area contributed by atoms with E-state index in [2.05, 4.69) is 15.5 Å². The van der Waals surface area contributed by atoms with Gasteiger partial charge in [0.2, 0.25) is 5.13 Å². The first-order valence-electron chi connectivity index (χ1n) is 7.19. The molecule has 1 aromatic heterocycles. The van der Waals surface area contributed by atoms with Crippen LogP contribution in [0.5, 0.6) is 11.5 Å². The van der Waals surface area contributed by atoms with Crippen LogP contribution in [-0.4, -0.2) is 36.9 Å². The Balaban J connectivity index is 1.71. The molecule has 1 amide bonds. The van der Waals surface area contributed by atoms with E-state index in [1.165, 1.54) is 18.4 Å². The summed E-state index contributed by atoms with van der Waals surface area (Å²) in [6, 6.07) is 4.97. The normalized spacial score (nSPS) is 17.0. The van der Waals surface area contributed by atoms with Gasteiger partial charge in [0.1, 0.15) is 11.1 Å². The predicted octanol–water partition coefficient (Wildman–Crippen LogP) is 2.66. The van der Waals surface area contributed by atoms with Crippen molar-refractivity contribution in [2.75, 3.05) is 26.1 Å². The Morgan fingerprint density at radius 3 is 2.83 bits per heavy atom. The lowest BCUT2D eigenvalue weighted by Gasteiger charge is -2.09. The first-order valence-corrected chi connectivity index (χ1v) is 8.01. The molecule has 1 saturated heterocycles. The van der Waals surface area contributed by atoms with E-state index in [-0.39, 0.29) is 12.0 Å². The number of methoxy groups -OCH3 is 2. The zero-order chi connectivity index (χ0) is 16.2. The second-order valence-electron chi connectivity index (χ2n) is 4.97. The van der Waals surface area contributed by atoms with Gasteiger partial charge in [-0.15, -0.1) is 10.2 Å². The van der Waals surface area contributed by atoms with Crippen molar-refractivity contribution in [1.82, 2.24) is 10.2 Å². The van der Waals surface area contributed by atoms with Gasteiger partial charge in [-0.05, 0) is 31.0 Å². The molecule has 3 rings (SSSR count). The molecule has 1 unspecified atom stereocenters. The lowest BCUT2D eigenvalue weighted by atomic mass is 10.2. The van der Waals surface area contributed by atoms with Crippen molar-refractivity contribution in [3.05, 3.63) is 28.8 Å². The summed E-state index contributed by atoms with van der Waals surface area (Å²) in [4.78, 5) is 12.3. The van der Waals surface area contributed by atoms with Crippen LogP contribution in [0, 0.1) is 0 Å². The van der Waals surface area contributed by atoms with E-state index < -0.39 is 0 Å². The second-order valence-corrected chi connectivity index (χ2v) is 5.98. The lowest BCUT2D eigenvalue weighted by Crippen LogP contribution is -2.12. The number of hydrogen-bond donors (Lipinski definition) is 1. The summed E-state index contributed by atoms with van der Waals surface area (Å²) in [7, 11) is 3.07. The molecule has 1 aromatic carbocycles. The average molecular weight is 335 g/mol. The van der Waals surface area contributed by atoms with Gasteiger partial charge >= 0.3 is 0 Å². The number of benzene rings is 1. The molecule has 122 valence electrons. The molecular formula is C15H17N3O4S. The number of rotatable bonds is 5. The van der Waals surface area contributed by atoms with Crippen LogP contribution in [0.15, 0.2) is 18.2 Å². The highest BCUT2D eigenvalue weighted by molar-refractivity contribution is 7.15. The quantitative estimate of drug-likeness (QED) is 0.904. The van der Waals surface area contributed by atoms with Gasteiger partial charge in [0.25, 0.3) is 5.91 Å². The highest BCUT2D eigenvalue weighted by Gasteiger charge is 2.22. The molecule has 0 bridgehead atoms. The summed E-state index contributed by atoms with van der Waals surface area (Å²) in [6.07, 6.45) is 1.97. The van der Waals surface area contributed by atoms with Gasteiger partial charge in [-0.1, -0.05) is 11.3 Å². The van der Waals surface area contributed by atoms with Crippen LogP contribution in [-0.2, 0) is 4.74 Å². The number of anilines is 1. The van der Waals surface area contributed by atoms with Crippen LogP contribution >= 0.6 is 11.3 Å². The van der Waals surface area contributed by atoms with E-state index >= 15 is 0 Å². The van der Waals surface area contributed by atoms with E-state index in [1.807, 2.05) is 0 Å². The smallest absolute Gasteiger partial charge is 0.257 e. The van der Waals surface area contributed by atoms with Gasteiger partial charge < -0.3 is 14.2 Å². The first kappa shape index (κ1) is 15.7. The van der Waals surface area contributed by atoms with Gasteiger partial charge in [-0.2, -0.15) is 0 Å². The summed E-state index contributed by atoms with van der Waals surface area (Å²) >= 11 is 1.34. The van der Waals surface area contributed by atoms with Crippen molar-refractivity contribution in [3.63, 3.8) is 0 Å². The Morgan fingerprint density at radius 1 is 1.30 bits per heavy atom. The van der Waals surface area contributed by atoms with Gasteiger partial charge in [0.15, 0.2) is 11.5 Å². The molecule has 0 spiro atoms. The van der Waals surface area contributed by atoms with Crippen LogP contribution in [0.25, 0.3) is 0 Å². The molecule has 2 aromatic rings. The molecule has 7 nitrogen and oxygen atoms in total. The summed E-state index contributed by atoms with van der Waals surface area (Å²) < 4.78 is 15.9. The predicted molar refractivity (Wildman–Crippen MR) is 85.3 cm³/mol. The Morgan fingerprint density at radius 2 is 2.13 bits per heavy atom. The van der Waals surface area contributed by atoms with E-state index in [9.17, 15) is 4.79 Å². The SMILES string of the molecule is COc1ccc(C(=O)Nc2nnc(C3CCCO3)s2)cc1OC. The number of carbonyl (C=O) groups excluding carboxylic acids is 1. The number of nitrogens with zero attached hydrogens (tertiary/aromatic N) is 2. The third-order valence-corrected chi connectivity index (χ3v) is 4.44. The Labute approximate surface area is 137 Å². The molecular weight excluding hydrogens is 318 g/mol. The van der Waals surface area contributed by atoms with Crippen LogP contribution in [0.3, 0.4) is 0 Å². The van der Waals surface area contributed by atoms with E-state index in [4.69, 9.17) is 14.2 Å². The Kier molecular flexibility index (Phi) is 4.73. The van der Waals surface area contributed by atoms with Gasteiger partial charge in [0.05, 0.1) is 14.2 Å². The number of ether oxygens (including phenoxy) is 3.